The molecule has 0 heterocycles. The molecule has 0 saturated heterocycles. The fraction of sp³-hybridized carbons (Fsp3) is 0.750. The molecule has 3 nitrogen and oxygen atoms in total. The second-order valence-electron chi connectivity index (χ2n) is 3.95. The zero-order valence-corrected chi connectivity index (χ0v) is 9.74. The fourth-order valence-electron chi connectivity index (χ4n) is 1.60. The molecular weight excluding hydrogens is 207 g/mol. The minimum absolute atomic E-state index is 0.206. The van der Waals surface area contributed by atoms with Gasteiger partial charge in [-0.1, -0.05) is 25.2 Å². The van der Waals surface area contributed by atoms with Gasteiger partial charge >= 0.3 is 0 Å². The molecule has 0 aliphatic heterocycles. The number of halogens is 1. The molecule has 0 aromatic rings. The lowest BCUT2D eigenvalue weighted by atomic mass is 9.95. The van der Waals surface area contributed by atoms with Crippen molar-refractivity contribution in [2.24, 2.45) is 0 Å². The van der Waals surface area contributed by atoms with Crippen molar-refractivity contribution in [2.45, 2.75) is 44.7 Å². The minimum atomic E-state index is -1.99. The Morgan fingerprint density at radius 1 is 1.44 bits per heavy atom. The monoisotopic (exact) mass is 226 g/mol. The number of rotatable bonds is 4. The molecule has 0 aromatic heterocycles. The highest BCUT2D eigenvalue weighted by Crippen LogP contribution is 2.21. The van der Waals surface area contributed by atoms with Crippen LogP contribution in [0.1, 0.15) is 39.0 Å². The van der Waals surface area contributed by atoms with Gasteiger partial charge in [0.15, 0.2) is 0 Å². The molecule has 1 rings (SSSR count). The van der Waals surface area contributed by atoms with Gasteiger partial charge in [-0.25, -0.2) is 4.39 Å². The van der Waals surface area contributed by atoms with Gasteiger partial charge in [0.1, 0.15) is 0 Å². The Morgan fingerprint density at radius 3 is 3.00 bits per heavy atom. The average Bonchev–Trinajstić information content (AvgIpc) is 2.24. The van der Waals surface area contributed by atoms with Crippen LogP contribution in [-0.2, 0) is 4.79 Å². The summed E-state index contributed by atoms with van der Waals surface area (Å²) in [4.78, 5) is 11.6. The predicted octanol–water partition coefficient (Wildman–Crippen LogP) is 1.35. The Morgan fingerprint density at radius 2 is 2.25 bits per heavy atom. The third-order valence-corrected chi connectivity index (χ3v) is 2.59. The summed E-state index contributed by atoms with van der Waals surface area (Å²) in [6.07, 6.45) is 3.56. The van der Waals surface area contributed by atoms with E-state index in [0.717, 1.165) is 25.8 Å². The van der Waals surface area contributed by atoms with Crippen molar-refractivity contribution in [1.29, 1.82) is 0 Å². The van der Waals surface area contributed by atoms with Crippen LogP contribution in [0.25, 0.3) is 0 Å². The highest BCUT2D eigenvalue weighted by atomic mass is 19.1. The van der Waals surface area contributed by atoms with Gasteiger partial charge < -0.3 is 10.6 Å². The van der Waals surface area contributed by atoms with Gasteiger partial charge in [0, 0.05) is 12.8 Å². The molecule has 1 aliphatic rings. The topological polar surface area (TPSA) is 41.1 Å². The third-order valence-electron chi connectivity index (χ3n) is 2.59. The van der Waals surface area contributed by atoms with Crippen molar-refractivity contribution in [2.75, 3.05) is 13.2 Å². The molecule has 0 fully saturated rings. The minimum Gasteiger partial charge on any atom is -0.340 e. The number of nitrogens with one attached hydrogen (secondary N) is 2. The van der Waals surface area contributed by atoms with E-state index >= 15 is 0 Å². The number of hydrogen-bond acceptors (Lipinski definition) is 2. The SMILES string of the molecule is CCNCNC(=O)C1(F)C#CCCCCC1. The normalized spacial score (nSPS) is 24.9. The zero-order chi connectivity index (χ0) is 11.9. The molecular formula is C12H19FN2O. The molecule has 0 bridgehead atoms. The van der Waals surface area contributed by atoms with E-state index in [1.807, 2.05) is 6.92 Å². The number of carbonyl (C=O) groups is 1. The maximum atomic E-state index is 14.2. The quantitative estimate of drug-likeness (QED) is 0.431. The molecule has 1 atom stereocenters. The molecule has 0 radical (unpaired) electrons. The van der Waals surface area contributed by atoms with Crippen LogP contribution in [-0.4, -0.2) is 24.8 Å². The number of alkyl halides is 1. The van der Waals surface area contributed by atoms with Gasteiger partial charge in [0.05, 0.1) is 6.67 Å². The van der Waals surface area contributed by atoms with E-state index in [4.69, 9.17) is 0 Å². The largest absolute Gasteiger partial charge is 0.340 e. The Kier molecular flexibility index (Phi) is 5.27. The van der Waals surface area contributed by atoms with Crippen LogP contribution in [0.5, 0.6) is 0 Å². The van der Waals surface area contributed by atoms with E-state index in [1.165, 1.54) is 0 Å². The lowest BCUT2D eigenvalue weighted by molar-refractivity contribution is -0.130. The molecule has 4 heteroatoms. The highest BCUT2D eigenvalue weighted by molar-refractivity contribution is 5.88. The van der Waals surface area contributed by atoms with Gasteiger partial charge in [0.2, 0.25) is 5.67 Å². The first-order valence-corrected chi connectivity index (χ1v) is 5.87. The van der Waals surface area contributed by atoms with Crippen molar-refractivity contribution in [3.63, 3.8) is 0 Å². The molecule has 16 heavy (non-hydrogen) atoms. The lowest BCUT2D eigenvalue weighted by Crippen LogP contribution is -2.46. The molecule has 0 saturated carbocycles. The van der Waals surface area contributed by atoms with Crippen LogP contribution in [0.15, 0.2) is 0 Å². The maximum absolute atomic E-state index is 14.2. The average molecular weight is 226 g/mol. The van der Waals surface area contributed by atoms with E-state index in [1.54, 1.807) is 0 Å². The molecule has 90 valence electrons. The standard InChI is InChI=1S/C12H19FN2O/c1-2-14-10-15-11(16)12(13)8-6-4-3-5-7-9-12/h14H,2-6,8,10H2,1H3,(H,15,16). The third kappa shape index (κ3) is 3.82. The smallest absolute Gasteiger partial charge is 0.271 e. The van der Waals surface area contributed by atoms with Crippen LogP contribution in [0.3, 0.4) is 0 Å². The molecule has 0 aromatic carbocycles. The van der Waals surface area contributed by atoms with Crippen molar-refractivity contribution in [1.82, 2.24) is 10.6 Å². The molecule has 1 aliphatic carbocycles. The lowest BCUT2D eigenvalue weighted by Gasteiger charge is -2.20. The van der Waals surface area contributed by atoms with Gasteiger partial charge in [-0.05, 0) is 19.4 Å². The van der Waals surface area contributed by atoms with Crippen molar-refractivity contribution < 1.29 is 9.18 Å². The van der Waals surface area contributed by atoms with E-state index in [0.29, 0.717) is 13.1 Å². The second-order valence-corrected chi connectivity index (χ2v) is 3.95. The molecule has 0 spiro atoms. The molecule has 2 N–H and O–H groups in total. The van der Waals surface area contributed by atoms with Crippen molar-refractivity contribution in [3.05, 3.63) is 0 Å². The predicted molar refractivity (Wildman–Crippen MR) is 61.4 cm³/mol. The Balaban J connectivity index is 2.55. The summed E-state index contributed by atoms with van der Waals surface area (Å²) in [6.45, 7) is 2.96. The summed E-state index contributed by atoms with van der Waals surface area (Å²) in [5, 5.41) is 5.43. The van der Waals surface area contributed by atoms with Crippen molar-refractivity contribution >= 4 is 5.91 Å². The Labute approximate surface area is 96.2 Å². The molecule has 1 unspecified atom stereocenters. The summed E-state index contributed by atoms with van der Waals surface area (Å²) in [7, 11) is 0. The van der Waals surface area contributed by atoms with Crippen LogP contribution in [0, 0.1) is 11.8 Å². The summed E-state index contributed by atoms with van der Waals surface area (Å²) in [5.74, 6) is 4.60. The van der Waals surface area contributed by atoms with Crippen LogP contribution < -0.4 is 10.6 Å². The maximum Gasteiger partial charge on any atom is 0.271 e. The summed E-state index contributed by atoms with van der Waals surface area (Å²) < 4.78 is 14.2. The van der Waals surface area contributed by atoms with Gasteiger partial charge in [-0.2, -0.15) is 0 Å². The van der Waals surface area contributed by atoms with E-state index in [9.17, 15) is 9.18 Å². The fourth-order valence-corrected chi connectivity index (χ4v) is 1.60. The van der Waals surface area contributed by atoms with E-state index in [-0.39, 0.29) is 6.42 Å². The van der Waals surface area contributed by atoms with Crippen LogP contribution in [0.4, 0.5) is 4.39 Å². The van der Waals surface area contributed by atoms with E-state index < -0.39 is 11.6 Å². The Bertz CT molecular complexity index is 295. The highest BCUT2D eigenvalue weighted by Gasteiger charge is 2.36. The first-order valence-electron chi connectivity index (χ1n) is 5.87. The summed E-state index contributed by atoms with van der Waals surface area (Å²) in [6, 6.07) is 0. The van der Waals surface area contributed by atoms with Crippen molar-refractivity contribution in [3.8, 4) is 11.8 Å². The first kappa shape index (κ1) is 13.0. The zero-order valence-electron chi connectivity index (χ0n) is 9.74. The number of carbonyl (C=O) groups excluding carboxylic acids is 1. The first-order chi connectivity index (χ1) is 7.69. The summed E-state index contributed by atoms with van der Waals surface area (Å²) >= 11 is 0. The Hall–Kier alpha value is -1.08. The van der Waals surface area contributed by atoms with E-state index in [2.05, 4.69) is 22.5 Å². The number of amides is 1. The molecule has 1 amide bonds. The van der Waals surface area contributed by atoms with Crippen LogP contribution in [0.2, 0.25) is 0 Å². The van der Waals surface area contributed by atoms with Gasteiger partial charge in [-0.15, -0.1) is 0 Å². The number of hydrogen-bond donors (Lipinski definition) is 2. The van der Waals surface area contributed by atoms with Crippen LogP contribution >= 0.6 is 0 Å². The van der Waals surface area contributed by atoms with Gasteiger partial charge in [0.25, 0.3) is 5.91 Å². The second kappa shape index (κ2) is 6.49. The van der Waals surface area contributed by atoms with Gasteiger partial charge in [-0.3, -0.25) is 4.79 Å². The summed E-state index contributed by atoms with van der Waals surface area (Å²) in [5.41, 5.74) is -1.99.